The molecule has 1 amide bonds. The Morgan fingerprint density at radius 2 is 2.00 bits per heavy atom. The number of halogens is 1. The van der Waals surface area contributed by atoms with Crippen molar-refractivity contribution in [1.29, 1.82) is 0 Å². The van der Waals surface area contributed by atoms with Gasteiger partial charge in [-0.15, -0.1) is 11.3 Å². The maximum Gasteiger partial charge on any atom is 0.238 e. The number of carbonyl (C=O) groups excluding carboxylic acids is 2. The topological polar surface area (TPSA) is 67.9 Å². The summed E-state index contributed by atoms with van der Waals surface area (Å²) < 4.78 is 11.3. The second kappa shape index (κ2) is 7.43. The third-order valence-corrected chi connectivity index (χ3v) is 4.85. The molecule has 132 valence electrons. The molecule has 25 heavy (non-hydrogen) atoms. The van der Waals surface area contributed by atoms with Gasteiger partial charge >= 0.3 is 0 Å². The average molecular weight is 381 g/mol. The summed E-state index contributed by atoms with van der Waals surface area (Å²) in [7, 11) is 1.85. The van der Waals surface area contributed by atoms with E-state index in [1.165, 1.54) is 18.3 Å². The van der Waals surface area contributed by atoms with Gasteiger partial charge in [-0.2, -0.15) is 0 Å². The molecule has 0 atom stereocenters. The standard InChI is InChI=1S/C17H17ClN2O4S/c1-10(21)12-5-14-15(24-9-23-14)6-13(12)19-17(22)8-20(2)7-11-3-4-16(18)25-11/h3-6H,7-9H2,1-2H3,(H,19,22). The van der Waals surface area contributed by atoms with Gasteiger partial charge in [0.1, 0.15) is 0 Å². The lowest BCUT2D eigenvalue weighted by molar-refractivity contribution is -0.117. The molecule has 1 aromatic heterocycles. The van der Waals surface area contributed by atoms with E-state index in [2.05, 4.69) is 5.32 Å². The fraction of sp³-hybridized carbons (Fsp3) is 0.294. The normalized spacial score (nSPS) is 12.5. The van der Waals surface area contributed by atoms with E-state index in [0.717, 1.165) is 9.21 Å². The van der Waals surface area contributed by atoms with E-state index in [0.29, 0.717) is 29.3 Å². The highest BCUT2D eigenvalue weighted by atomic mass is 35.5. The quantitative estimate of drug-likeness (QED) is 0.778. The van der Waals surface area contributed by atoms with Gasteiger partial charge in [-0.1, -0.05) is 11.6 Å². The molecular formula is C17H17ClN2O4S. The first-order valence-corrected chi connectivity index (χ1v) is 8.79. The zero-order valence-electron chi connectivity index (χ0n) is 13.8. The van der Waals surface area contributed by atoms with Crippen LogP contribution in [0.15, 0.2) is 24.3 Å². The number of fused-ring (bicyclic) bond motifs is 1. The SMILES string of the molecule is CC(=O)c1cc2c(cc1NC(=O)CN(C)Cc1ccc(Cl)s1)OCO2. The molecular weight excluding hydrogens is 364 g/mol. The number of likely N-dealkylation sites (N-methyl/N-ethyl adjacent to an activating group) is 1. The van der Waals surface area contributed by atoms with Crippen LogP contribution in [0.25, 0.3) is 0 Å². The largest absolute Gasteiger partial charge is 0.454 e. The Kier molecular flexibility index (Phi) is 5.27. The number of nitrogens with zero attached hydrogens (tertiary/aromatic N) is 1. The van der Waals surface area contributed by atoms with Crippen molar-refractivity contribution in [1.82, 2.24) is 4.90 Å². The van der Waals surface area contributed by atoms with E-state index in [1.54, 1.807) is 12.1 Å². The van der Waals surface area contributed by atoms with Crippen molar-refractivity contribution in [3.8, 4) is 11.5 Å². The predicted molar refractivity (Wildman–Crippen MR) is 96.9 cm³/mol. The Labute approximate surface area is 154 Å². The van der Waals surface area contributed by atoms with Crippen LogP contribution in [0.5, 0.6) is 11.5 Å². The van der Waals surface area contributed by atoms with Crippen molar-refractivity contribution in [3.05, 3.63) is 39.0 Å². The smallest absolute Gasteiger partial charge is 0.238 e. The molecule has 2 aromatic rings. The highest BCUT2D eigenvalue weighted by Gasteiger charge is 2.20. The third-order valence-electron chi connectivity index (χ3n) is 3.63. The molecule has 8 heteroatoms. The summed E-state index contributed by atoms with van der Waals surface area (Å²) in [5.74, 6) is 0.651. The summed E-state index contributed by atoms with van der Waals surface area (Å²) in [5, 5.41) is 2.78. The maximum atomic E-state index is 12.3. The summed E-state index contributed by atoms with van der Waals surface area (Å²) in [6.45, 7) is 2.35. The second-order valence-corrected chi connectivity index (χ2v) is 7.53. The van der Waals surface area contributed by atoms with Gasteiger partial charge in [-0.05, 0) is 32.2 Å². The molecule has 3 rings (SSSR count). The fourth-order valence-electron chi connectivity index (χ4n) is 2.53. The Bertz CT molecular complexity index is 821. The molecule has 0 saturated carbocycles. The molecule has 0 fully saturated rings. The van der Waals surface area contributed by atoms with Crippen LogP contribution in [-0.2, 0) is 11.3 Å². The number of anilines is 1. The number of amides is 1. The first-order chi connectivity index (χ1) is 11.9. The van der Waals surface area contributed by atoms with Crippen molar-refractivity contribution in [3.63, 3.8) is 0 Å². The van der Waals surface area contributed by atoms with Crippen molar-refractivity contribution < 1.29 is 19.1 Å². The van der Waals surface area contributed by atoms with Crippen molar-refractivity contribution in [2.24, 2.45) is 0 Å². The first kappa shape index (κ1) is 17.7. The van der Waals surface area contributed by atoms with Crippen LogP contribution in [-0.4, -0.2) is 37.0 Å². The van der Waals surface area contributed by atoms with E-state index in [9.17, 15) is 9.59 Å². The Morgan fingerprint density at radius 1 is 1.28 bits per heavy atom. The van der Waals surface area contributed by atoms with Gasteiger partial charge < -0.3 is 14.8 Å². The van der Waals surface area contributed by atoms with Crippen LogP contribution in [0, 0.1) is 0 Å². The van der Waals surface area contributed by atoms with Gasteiger partial charge in [0.25, 0.3) is 0 Å². The van der Waals surface area contributed by atoms with Crippen LogP contribution < -0.4 is 14.8 Å². The maximum absolute atomic E-state index is 12.3. The molecule has 0 radical (unpaired) electrons. The number of ketones is 1. The fourth-order valence-corrected chi connectivity index (χ4v) is 3.70. The molecule has 0 bridgehead atoms. The van der Waals surface area contributed by atoms with Gasteiger partial charge in [0.05, 0.1) is 16.6 Å². The van der Waals surface area contributed by atoms with E-state index in [1.807, 2.05) is 24.1 Å². The number of thiophene rings is 1. The molecule has 2 heterocycles. The van der Waals surface area contributed by atoms with Crippen LogP contribution in [0.4, 0.5) is 5.69 Å². The molecule has 1 aliphatic heterocycles. The van der Waals surface area contributed by atoms with E-state index >= 15 is 0 Å². The minimum Gasteiger partial charge on any atom is -0.454 e. The molecule has 0 spiro atoms. The number of rotatable bonds is 6. The molecule has 0 saturated heterocycles. The predicted octanol–water partition coefficient (Wildman–Crippen LogP) is 3.40. The number of ether oxygens (including phenoxy) is 2. The number of hydrogen-bond acceptors (Lipinski definition) is 6. The van der Waals surface area contributed by atoms with Gasteiger partial charge in [-0.3, -0.25) is 14.5 Å². The summed E-state index contributed by atoms with van der Waals surface area (Å²) in [6.07, 6.45) is 0. The van der Waals surface area contributed by atoms with Gasteiger partial charge in [-0.25, -0.2) is 0 Å². The second-order valence-electron chi connectivity index (χ2n) is 5.73. The summed E-state index contributed by atoms with van der Waals surface area (Å²) in [5.41, 5.74) is 0.819. The molecule has 1 aliphatic rings. The lowest BCUT2D eigenvalue weighted by atomic mass is 10.1. The lowest BCUT2D eigenvalue weighted by Crippen LogP contribution is -2.30. The van der Waals surface area contributed by atoms with Gasteiger partial charge in [0.2, 0.25) is 12.7 Å². The monoisotopic (exact) mass is 380 g/mol. The molecule has 1 N–H and O–H groups in total. The number of nitrogens with one attached hydrogen (secondary N) is 1. The van der Waals surface area contributed by atoms with Crippen LogP contribution >= 0.6 is 22.9 Å². The van der Waals surface area contributed by atoms with Crippen LogP contribution in [0.2, 0.25) is 4.34 Å². The zero-order valence-corrected chi connectivity index (χ0v) is 15.4. The van der Waals surface area contributed by atoms with Crippen molar-refractivity contribution in [2.75, 3.05) is 25.7 Å². The van der Waals surface area contributed by atoms with Gasteiger partial charge in [0, 0.05) is 23.1 Å². The Morgan fingerprint density at radius 3 is 2.64 bits per heavy atom. The molecule has 1 aromatic carbocycles. The lowest BCUT2D eigenvalue weighted by Gasteiger charge is -2.16. The number of Topliss-reactive ketones (excluding diaryl/α,β-unsaturated/α-hetero) is 1. The Balaban J connectivity index is 1.67. The van der Waals surface area contributed by atoms with Crippen LogP contribution in [0.1, 0.15) is 22.2 Å². The minimum atomic E-state index is -0.216. The summed E-state index contributed by atoms with van der Waals surface area (Å²) in [6, 6.07) is 6.99. The molecule has 0 unspecified atom stereocenters. The average Bonchev–Trinajstić information content (AvgIpc) is 3.14. The molecule has 0 aliphatic carbocycles. The van der Waals surface area contributed by atoms with E-state index in [4.69, 9.17) is 21.1 Å². The van der Waals surface area contributed by atoms with E-state index < -0.39 is 0 Å². The molecule has 6 nitrogen and oxygen atoms in total. The third kappa shape index (κ3) is 4.31. The highest BCUT2D eigenvalue weighted by molar-refractivity contribution is 7.16. The van der Waals surface area contributed by atoms with Crippen molar-refractivity contribution >= 4 is 40.3 Å². The first-order valence-electron chi connectivity index (χ1n) is 7.59. The minimum absolute atomic E-state index is 0.107. The number of carbonyl (C=O) groups is 2. The Hall–Kier alpha value is -2.09. The number of benzene rings is 1. The van der Waals surface area contributed by atoms with E-state index in [-0.39, 0.29) is 25.0 Å². The summed E-state index contributed by atoms with van der Waals surface area (Å²) >= 11 is 7.40. The van der Waals surface area contributed by atoms with Crippen LogP contribution in [0.3, 0.4) is 0 Å². The van der Waals surface area contributed by atoms with Gasteiger partial charge in [0.15, 0.2) is 17.3 Å². The zero-order chi connectivity index (χ0) is 18.0. The van der Waals surface area contributed by atoms with Crippen molar-refractivity contribution in [2.45, 2.75) is 13.5 Å². The highest BCUT2D eigenvalue weighted by Crippen LogP contribution is 2.37. The summed E-state index contributed by atoms with van der Waals surface area (Å²) in [4.78, 5) is 27.1. The number of hydrogen-bond donors (Lipinski definition) is 1.